The Kier molecular flexibility index (Phi) is 4.55. The van der Waals surface area contributed by atoms with Crippen LogP contribution in [0.15, 0.2) is 24.5 Å². The highest BCUT2D eigenvalue weighted by Crippen LogP contribution is 2.20. The van der Waals surface area contributed by atoms with Gasteiger partial charge >= 0.3 is 12.0 Å². The van der Waals surface area contributed by atoms with E-state index >= 15 is 0 Å². The number of carbonyl (C=O) groups excluding carboxylic acids is 1. The van der Waals surface area contributed by atoms with E-state index in [1.54, 1.807) is 29.2 Å². The number of urea groups is 1. The van der Waals surface area contributed by atoms with Gasteiger partial charge in [-0.15, -0.1) is 0 Å². The molecule has 1 saturated heterocycles. The Morgan fingerprint density at radius 2 is 2.35 bits per heavy atom. The molecule has 1 aromatic rings. The third kappa shape index (κ3) is 3.69. The Balaban J connectivity index is 1.87. The molecule has 2 amide bonds. The molecule has 6 heteroatoms. The van der Waals surface area contributed by atoms with Crippen LogP contribution in [-0.4, -0.2) is 52.0 Å². The van der Waals surface area contributed by atoms with Crippen LogP contribution in [0.5, 0.6) is 0 Å². The molecule has 20 heavy (non-hydrogen) atoms. The smallest absolute Gasteiger partial charge is 0.320 e. The number of likely N-dealkylation sites (tertiary alicyclic amines) is 1. The van der Waals surface area contributed by atoms with Gasteiger partial charge in [-0.1, -0.05) is 6.07 Å². The Morgan fingerprint density at radius 3 is 3.00 bits per heavy atom. The topological polar surface area (TPSA) is 73.7 Å². The quantitative estimate of drug-likeness (QED) is 0.903. The van der Waals surface area contributed by atoms with E-state index in [2.05, 4.69) is 4.98 Å². The van der Waals surface area contributed by atoms with E-state index in [9.17, 15) is 9.59 Å². The van der Waals surface area contributed by atoms with Gasteiger partial charge < -0.3 is 14.9 Å². The van der Waals surface area contributed by atoms with Gasteiger partial charge in [0.2, 0.25) is 0 Å². The van der Waals surface area contributed by atoms with E-state index in [0.29, 0.717) is 19.6 Å². The monoisotopic (exact) mass is 277 g/mol. The van der Waals surface area contributed by atoms with Crippen molar-refractivity contribution in [3.8, 4) is 0 Å². The fourth-order valence-corrected chi connectivity index (χ4v) is 2.49. The fraction of sp³-hybridized carbons (Fsp3) is 0.500. The minimum atomic E-state index is -0.798. The van der Waals surface area contributed by atoms with Gasteiger partial charge in [0, 0.05) is 45.5 Å². The summed E-state index contributed by atoms with van der Waals surface area (Å²) in [4.78, 5) is 30.3. The van der Waals surface area contributed by atoms with Gasteiger partial charge in [-0.2, -0.15) is 0 Å². The minimum absolute atomic E-state index is 0.0539. The molecule has 0 aromatic carbocycles. The summed E-state index contributed by atoms with van der Waals surface area (Å²) in [6.45, 7) is 1.67. The molecule has 6 nitrogen and oxygen atoms in total. The molecule has 0 aliphatic carbocycles. The minimum Gasteiger partial charge on any atom is -0.481 e. The fourth-order valence-electron chi connectivity index (χ4n) is 2.49. The largest absolute Gasteiger partial charge is 0.481 e. The standard InChI is InChI=1S/C14H19N3O3/c1-16(9-12-3-2-5-15-8-12)14(20)17-6-4-11(10-17)7-13(18)19/h2-3,5,8,11H,4,6-7,9-10H2,1H3,(H,18,19). The maximum Gasteiger partial charge on any atom is 0.320 e. The van der Waals surface area contributed by atoms with Crippen molar-refractivity contribution in [3.05, 3.63) is 30.1 Å². The van der Waals surface area contributed by atoms with Crippen LogP contribution in [0, 0.1) is 5.92 Å². The number of aromatic nitrogens is 1. The summed E-state index contributed by atoms with van der Waals surface area (Å²) in [5.41, 5.74) is 0.977. The molecule has 0 bridgehead atoms. The summed E-state index contributed by atoms with van der Waals surface area (Å²) in [7, 11) is 1.75. The van der Waals surface area contributed by atoms with Crippen LogP contribution in [0.25, 0.3) is 0 Å². The number of rotatable bonds is 4. The third-order valence-corrected chi connectivity index (χ3v) is 3.49. The van der Waals surface area contributed by atoms with E-state index in [1.807, 2.05) is 12.1 Å². The first-order chi connectivity index (χ1) is 9.56. The van der Waals surface area contributed by atoms with Crippen molar-refractivity contribution in [2.75, 3.05) is 20.1 Å². The number of amides is 2. The molecular formula is C14H19N3O3. The molecule has 0 saturated carbocycles. The molecular weight excluding hydrogens is 258 g/mol. The van der Waals surface area contributed by atoms with Crippen molar-refractivity contribution < 1.29 is 14.7 Å². The van der Waals surface area contributed by atoms with Gasteiger partial charge in [-0.3, -0.25) is 9.78 Å². The number of carboxylic acids is 1. The maximum absolute atomic E-state index is 12.3. The first kappa shape index (κ1) is 14.3. The molecule has 0 spiro atoms. The molecule has 1 unspecified atom stereocenters. The average molecular weight is 277 g/mol. The molecule has 0 radical (unpaired) electrons. The molecule has 108 valence electrons. The van der Waals surface area contributed by atoms with Crippen molar-refractivity contribution in [2.24, 2.45) is 5.92 Å². The summed E-state index contributed by atoms with van der Waals surface area (Å²) in [6.07, 6.45) is 4.33. The van der Waals surface area contributed by atoms with Gasteiger partial charge in [0.25, 0.3) is 0 Å². The number of nitrogens with zero attached hydrogens (tertiary/aromatic N) is 3. The Hall–Kier alpha value is -2.11. The summed E-state index contributed by atoms with van der Waals surface area (Å²) >= 11 is 0. The Labute approximate surface area is 118 Å². The van der Waals surface area contributed by atoms with Crippen molar-refractivity contribution in [2.45, 2.75) is 19.4 Å². The van der Waals surface area contributed by atoms with Crippen molar-refractivity contribution >= 4 is 12.0 Å². The van der Waals surface area contributed by atoms with E-state index in [0.717, 1.165) is 12.0 Å². The second kappa shape index (κ2) is 6.36. The van der Waals surface area contributed by atoms with Crippen LogP contribution in [0.1, 0.15) is 18.4 Å². The van der Waals surface area contributed by atoms with E-state index < -0.39 is 5.97 Å². The average Bonchev–Trinajstić information content (AvgIpc) is 2.86. The summed E-state index contributed by atoms with van der Waals surface area (Å²) < 4.78 is 0. The highest BCUT2D eigenvalue weighted by Gasteiger charge is 2.29. The SMILES string of the molecule is CN(Cc1cccnc1)C(=O)N1CCC(CC(=O)O)C1. The molecule has 1 aromatic heterocycles. The third-order valence-electron chi connectivity index (χ3n) is 3.49. The summed E-state index contributed by atoms with van der Waals surface area (Å²) in [5.74, 6) is -0.726. The molecule has 1 atom stereocenters. The lowest BCUT2D eigenvalue weighted by Gasteiger charge is -2.24. The van der Waals surface area contributed by atoms with Crippen LogP contribution in [0.2, 0.25) is 0 Å². The van der Waals surface area contributed by atoms with Crippen LogP contribution in [0.4, 0.5) is 4.79 Å². The van der Waals surface area contributed by atoms with Crippen molar-refractivity contribution in [1.29, 1.82) is 0 Å². The summed E-state index contributed by atoms with van der Waals surface area (Å²) in [5, 5.41) is 8.78. The number of carboxylic acid groups (broad SMARTS) is 1. The van der Waals surface area contributed by atoms with Crippen molar-refractivity contribution in [1.82, 2.24) is 14.8 Å². The van der Waals surface area contributed by atoms with Crippen molar-refractivity contribution in [3.63, 3.8) is 0 Å². The maximum atomic E-state index is 12.3. The highest BCUT2D eigenvalue weighted by molar-refractivity contribution is 5.74. The first-order valence-corrected chi connectivity index (χ1v) is 6.67. The predicted octanol–water partition coefficient (Wildman–Crippen LogP) is 1.43. The molecule has 1 N–H and O–H groups in total. The van der Waals surface area contributed by atoms with Crippen LogP contribution in [-0.2, 0) is 11.3 Å². The van der Waals surface area contributed by atoms with E-state index in [4.69, 9.17) is 5.11 Å². The van der Waals surface area contributed by atoms with E-state index in [-0.39, 0.29) is 18.4 Å². The zero-order valence-corrected chi connectivity index (χ0v) is 11.5. The van der Waals surface area contributed by atoms with Crippen LogP contribution < -0.4 is 0 Å². The second-order valence-electron chi connectivity index (χ2n) is 5.20. The number of aliphatic carboxylic acids is 1. The molecule has 1 aliphatic rings. The number of hydrogen-bond acceptors (Lipinski definition) is 3. The van der Waals surface area contributed by atoms with Gasteiger partial charge in [0.15, 0.2) is 0 Å². The number of hydrogen-bond donors (Lipinski definition) is 1. The highest BCUT2D eigenvalue weighted by atomic mass is 16.4. The lowest BCUT2D eigenvalue weighted by atomic mass is 10.1. The lowest BCUT2D eigenvalue weighted by molar-refractivity contribution is -0.138. The normalized spacial score (nSPS) is 18.1. The molecule has 1 fully saturated rings. The van der Waals surface area contributed by atoms with Gasteiger partial charge in [-0.25, -0.2) is 4.79 Å². The van der Waals surface area contributed by atoms with Crippen LogP contribution >= 0.6 is 0 Å². The van der Waals surface area contributed by atoms with Crippen LogP contribution in [0.3, 0.4) is 0 Å². The molecule has 1 aliphatic heterocycles. The number of pyridine rings is 1. The lowest BCUT2D eigenvalue weighted by Crippen LogP contribution is -2.39. The van der Waals surface area contributed by atoms with E-state index in [1.165, 1.54) is 0 Å². The molecule has 2 rings (SSSR count). The second-order valence-corrected chi connectivity index (χ2v) is 5.20. The molecule has 2 heterocycles. The Bertz CT molecular complexity index is 478. The van der Waals surface area contributed by atoms with Gasteiger partial charge in [0.05, 0.1) is 0 Å². The zero-order valence-electron chi connectivity index (χ0n) is 11.5. The predicted molar refractivity (Wildman–Crippen MR) is 73.0 cm³/mol. The number of carbonyl (C=O) groups is 2. The first-order valence-electron chi connectivity index (χ1n) is 6.67. The Morgan fingerprint density at radius 1 is 1.55 bits per heavy atom. The van der Waals surface area contributed by atoms with Gasteiger partial charge in [-0.05, 0) is 24.0 Å². The van der Waals surface area contributed by atoms with Gasteiger partial charge in [0.1, 0.15) is 0 Å². The zero-order chi connectivity index (χ0) is 14.5. The summed E-state index contributed by atoms with van der Waals surface area (Å²) in [6, 6.07) is 3.71.